The van der Waals surface area contributed by atoms with Gasteiger partial charge in [0.25, 0.3) is 0 Å². The van der Waals surface area contributed by atoms with E-state index in [1.807, 2.05) is 0 Å². The van der Waals surface area contributed by atoms with Crippen LogP contribution in [0.5, 0.6) is 0 Å². The van der Waals surface area contributed by atoms with Crippen molar-refractivity contribution in [3.05, 3.63) is 65.7 Å². The molecule has 2 heteroatoms. The zero-order valence-electron chi connectivity index (χ0n) is 13.4. The van der Waals surface area contributed by atoms with Crippen molar-refractivity contribution in [2.45, 2.75) is 32.3 Å². The van der Waals surface area contributed by atoms with Gasteiger partial charge in [0.2, 0.25) is 0 Å². The van der Waals surface area contributed by atoms with Crippen LogP contribution in [-0.2, 0) is 11.2 Å². The summed E-state index contributed by atoms with van der Waals surface area (Å²) in [6.07, 6.45) is 3.85. The first-order valence-electron chi connectivity index (χ1n) is 8.38. The highest BCUT2D eigenvalue weighted by molar-refractivity contribution is 5.45. The maximum absolute atomic E-state index is 6.22. The van der Waals surface area contributed by atoms with Crippen molar-refractivity contribution in [3.63, 3.8) is 0 Å². The van der Waals surface area contributed by atoms with Gasteiger partial charge in [-0.15, -0.1) is 0 Å². The molecule has 0 saturated carbocycles. The smallest absolute Gasteiger partial charge is 0.0828 e. The highest BCUT2D eigenvalue weighted by Crippen LogP contribution is 2.32. The zero-order chi connectivity index (χ0) is 15.2. The second kappa shape index (κ2) is 7.46. The Kier molecular flexibility index (Phi) is 5.12. The lowest BCUT2D eigenvalue weighted by Crippen LogP contribution is -2.28. The molecule has 1 unspecified atom stereocenters. The topological polar surface area (TPSA) is 12.5 Å². The van der Waals surface area contributed by atoms with Crippen LogP contribution in [0.4, 0.5) is 5.69 Å². The van der Waals surface area contributed by atoms with Gasteiger partial charge in [0, 0.05) is 18.8 Å². The summed E-state index contributed by atoms with van der Waals surface area (Å²) in [7, 11) is 0. The van der Waals surface area contributed by atoms with E-state index < -0.39 is 0 Å². The van der Waals surface area contributed by atoms with Gasteiger partial charge in [-0.1, -0.05) is 42.5 Å². The molecule has 0 fully saturated rings. The third-order valence-corrected chi connectivity index (χ3v) is 4.50. The Hall–Kier alpha value is -1.80. The fraction of sp³-hybridized carbons (Fsp3) is 0.400. The van der Waals surface area contributed by atoms with E-state index in [9.17, 15) is 0 Å². The fourth-order valence-corrected chi connectivity index (χ4v) is 3.30. The first-order valence-corrected chi connectivity index (χ1v) is 8.38. The number of para-hydroxylation sites is 1. The van der Waals surface area contributed by atoms with Gasteiger partial charge in [0.05, 0.1) is 12.7 Å². The van der Waals surface area contributed by atoms with Gasteiger partial charge in [0.1, 0.15) is 0 Å². The number of hydrogen-bond acceptors (Lipinski definition) is 2. The molecule has 0 aliphatic heterocycles. The summed E-state index contributed by atoms with van der Waals surface area (Å²) in [6, 6.07) is 19.3. The van der Waals surface area contributed by atoms with Crippen molar-refractivity contribution in [3.8, 4) is 0 Å². The lowest BCUT2D eigenvalue weighted by molar-refractivity contribution is 0.0453. The van der Waals surface area contributed by atoms with E-state index in [4.69, 9.17) is 4.74 Å². The van der Waals surface area contributed by atoms with E-state index in [0.29, 0.717) is 0 Å². The summed E-state index contributed by atoms with van der Waals surface area (Å²) in [6.45, 7) is 4.93. The molecule has 1 aliphatic rings. The normalized spacial score (nSPS) is 17.0. The van der Waals surface area contributed by atoms with Crippen molar-refractivity contribution in [2.75, 3.05) is 24.6 Å². The minimum atomic E-state index is 0.277. The third kappa shape index (κ3) is 3.50. The Balaban J connectivity index is 1.57. The molecule has 0 radical (unpaired) electrons. The van der Waals surface area contributed by atoms with Gasteiger partial charge >= 0.3 is 0 Å². The number of nitrogens with zero attached hydrogens (tertiary/aromatic N) is 1. The van der Waals surface area contributed by atoms with E-state index >= 15 is 0 Å². The van der Waals surface area contributed by atoms with Crippen LogP contribution in [0, 0.1) is 0 Å². The Morgan fingerprint density at radius 1 is 1.05 bits per heavy atom. The minimum Gasteiger partial charge on any atom is -0.372 e. The van der Waals surface area contributed by atoms with E-state index in [-0.39, 0.29) is 6.10 Å². The molecule has 116 valence electrons. The monoisotopic (exact) mass is 295 g/mol. The lowest BCUT2D eigenvalue weighted by Gasteiger charge is -2.28. The molecule has 2 aromatic rings. The van der Waals surface area contributed by atoms with Crippen LogP contribution >= 0.6 is 0 Å². The summed E-state index contributed by atoms with van der Waals surface area (Å²) in [4.78, 5) is 2.37. The van der Waals surface area contributed by atoms with E-state index in [0.717, 1.165) is 26.1 Å². The fourth-order valence-electron chi connectivity index (χ4n) is 3.30. The van der Waals surface area contributed by atoms with Gasteiger partial charge in [-0.2, -0.15) is 0 Å². The molecule has 1 atom stereocenters. The molecule has 1 aliphatic carbocycles. The summed E-state index contributed by atoms with van der Waals surface area (Å²) in [5.41, 5.74) is 4.14. The summed E-state index contributed by atoms with van der Waals surface area (Å²) < 4.78 is 6.22. The first kappa shape index (κ1) is 15.1. The number of hydrogen-bond donors (Lipinski definition) is 0. The highest BCUT2D eigenvalue weighted by atomic mass is 16.5. The lowest BCUT2D eigenvalue weighted by atomic mass is 9.89. The molecule has 0 bridgehead atoms. The predicted octanol–water partition coefficient (Wildman–Crippen LogP) is 4.61. The maximum Gasteiger partial charge on any atom is 0.0828 e. The number of benzene rings is 2. The van der Waals surface area contributed by atoms with E-state index in [2.05, 4.69) is 66.4 Å². The standard InChI is InChI=1S/C20H25NO/c1-2-21(18-11-4-3-5-12-18)15-16-22-20-14-8-10-17-9-6-7-13-19(17)20/h3-7,9,11-13,20H,2,8,10,14-16H2,1H3. The third-order valence-electron chi connectivity index (χ3n) is 4.50. The van der Waals surface area contributed by atoms with Crippen molar-refractivity contribution < 1.29 is 4.74 Å². The number of anilines is 1. The molecular formula is C20H25NO. The van der Waals surface area contributed by atoms with Crippen molar-refractivity contribution in [1.29, 1.82) is 0 Å². The van der Waals surface area contributed by atoms with Crippen molar-refractivity contribution >= 4 is 5.69 Å². The van der Waals surface area contributed by atoms with Gasteiger partial charge in [-0.3, -0.25) is 0 Å². The molecule has 2 aromatic carbocycles. The van der Waals surface area contributed by atoms with Crippen LogP contribution in [0.1, 0.15) is 37.0 Å². The predicted molar refractivity (Wildman–Crippen MR) is 92.4 cm³/mol. The quantitative estimate of drug-likeness (QED) is 0.772. The van der Waals surface area contributed by atoms with Crippen molar-refractivity contribution in [1.82, 2.24) is 0 Å². The molecule has 22 heavy (non-hydrogen) atoms. The molecule has 2 nitrogen and oxygen atoms in total. The maximum atomic E-state index is 6.22. The molecule has 3 rings (SSSR count). The number of fused-ring (bicyclic) bond motifs is 1. The van der Waals surface area contributed by atoms with Gasteiger partial charge < -0.3 is 9.64 Å². The number of aryl methyl sites for hydroxylation is 1. The van der Waals surface area contributed by atoms with Crippen LogP contribution in [0.2, 0.25) is 0 Å². The van der Waals surface area contributed by atoms with Crippen LogP contribution < -0.4 is 4.90 Å². The molecule has 0 N–H and O–H groups in total. The number of likely N-dealkylation sites (N-methyl/N-ethyl adjacent to an activating group) is 1. The van der Waals surface area contributed by atoms with Crippen LogP contribution in [-0.4, -0.2) is 19.7 Å². The summed E-state index contributed by atoms with van der Waals surface area (Å²) >= 11 is 0. The second-order valence-electron chi connectivity index (χ2n) is 5.87. The van der Waals surface area contributed by atoms with Crippen LogP contribution in [0.25, 0.3) is 0 Å². The van der Waals surface area contributed by atoms with Crippen molar-refractivity contribution in [2.24, 2.45) is 0 Å². The molecule has 0 saturated heterocycles. The Labute approximate surface area is 133 Å². The second-order valence-corrected chi connectivity index (χ2v) is 5.87. The highest BCUT2D eigenvalue weighted by Gasteiger charge is 2.20. The van der Waals surface area contributed by atoms with E-state index in [1.54, 1.807) is 0 Å². The van der Waals surface area contributed by atoms with Gasteiger partial charge in [0.15, 0.2) is 0 Å². The molecule has 0 aromatic heterocycles. The number of rotatable bonds is 6. The number of ether oxygens (including phenoxy) is 1. The first-order chi connectivity index (χ1) is 10.9. The van der Waals surface area contributed by atoms with Gasteiger partial charge in [-0.05, 0) is 49.4 Å². The van der Waals surface area contributed by atoms with E-state index in [1.165, 1.54) is 29.7 Å². The van der Waals surface area contributed by atoms with Crippen LogP contribution in [0.15, 0.2) is 54.6 Å². The molecule has 0 amide bonds. The average Bonchev–Trinajstić information content (AvgIpc) is 2.59. The van der Waals surface area contributed by atoms with Gasteiger partial charge in [-0.25, -0.2) is 0 Å². The Morgan fingerprint density at radius 2 is 1.82 bits per heavy atom. The minimum absolute atomic E-state index is 0.277. The Morgan fingerprint density at radius 3 is 2.64 bits per heavy atom. The molecular weight excluding hydrogens is 270 g/mol. The van der Waals surface area contributed by atoms with Crippen LogP contribution in [0.3, 0.4) is 0 Å². The average molecular weight is 295 g/mol. The molecule has 0 heterocycles. The molecule has 0 spiro atoms. The summed E-state index contributed by atoms with van der Waals surface area (Å²) in [5.74, 6) is 0. The summed E-state index contributed by atoms with van der Waals surface area (Å²) in [5, 5.41) is 0. The largest absolute Gasteiger partial charge is 0.372 e. The SMILES string of the molecule is CCN(CCOC1CCCc2ccccc21)c1ccccc1. The Bertz CT molecular complexity index is 581. The zero-order valence-corrected chi connectivity index (χ0v) is 13.4.